The van der Waals surface area contributed by atoms with Gasteiger partial charge in [0.1, 0.15) is 0 Å². The van der Waals surface area contributed by atoms with E-state index in [9.17, 15) is 0 Å². The molecule has 0 bridgehead atoms. The van der Waals surface area contributed by atoms with Crippen molar-refractivity contribution in [2.45, 2.75) is 0 Å². The van der Waals surface area contributed by atoms with Gasteiger partial charge in [0.05, 0.1) is 0 Å². The van der Waals surface area contributed by atoms with Crippen molar-refractivity contribution in [1.29, 1.82) is 0 Å². The van der Waals surface area contributed by atoms with E-state index in [-0.39, 0.29) is 11.0 Å². The second-order valence-corrected chi connectivity index (χ2v) is 0.758. The van der Waals surface area contributed by atoms with Crippen LogP contribution in [0.2, 0.25) is 0 Å². The van der Waals surface area contributed by atoms with Crippen LogP contribution < -0.4 is 0 Å². The van der Waals surface area contributed by atoms with E-state index in [0.29, 0.717) is 0 Å². The Balaban J connectivity index is -0.0000000450. The van der Waals surface area contributed by atoms with Crippen LogP contribution in [0.25, 0.3) is 0 Å². The fourth-order valence-electron chi connectivity index (χ4n) is 0. The van der Waals surface area contributed by atoms with Crippen molar-refractivity contribution in [2.24, 2.45) is 0 Å². The molecule has 0 amide bonds. The molecule has 40 valence electrons. The topological polar surface area (TPSA) is 121 Å². The molecule has 6 heteroatoms. The van der Waals surface area contributed by atoms with E-state index in [0.717, 1.165) is 0 Å². The van der Waals surface area contributed by atoms with Gasteiger partial charge in [0, 0.05) is 4.57 Å². The third-order valence-electron chi connectivity index (χ3n) is 0. The Bertz CT molecular complexity index is 26.9. The molecule has 0 atom stereocenters. The molecule has 6 heavy (non-hydrogen) atoms. The molecule has 0 spiro atoms. The molecule has 0 aromatic rings. The summed E-state index contributed by atoms with van der Waals surface area (Å²) in [5.74, 6) is 0. The molecular weight excluding hydrogens is 111 g/mol. The summed E-state index contributed by atoms with van der Waals surface area (Å²) < 4.78 is 8.70. The van der Waals surface area contributed by atoms with Gasteiger partial charge < -0.3 is 11.0 Å². The van der Waals surface area contributed by atoms with Crippen LogP contribution in [0.4, 0.5) is 0 Å². The predicted octanol–water partition coefficient (Wildman–Crippen LogP) is -2.02. The second kappa shape index (κ2) is 8.87. The molecule has 0 heterocycles. The van der Waals surface area contributed by atoms with E-state index in [1.54, 1.807) is 0 Å². The van der Waals surface area contributed by atoms with Gasteiger partial charge in [-0.2, -0.15) is 0 Å². The lowest BCUT2D eigenvalue weighted by molar-refractivity contribution is 0.405. The molecule has 0 aliphatic rings. The van der Waals surface area contributed by atoms with Crippen molar-refractivity contribution in [1.82, 2.24) is 0 Å². The average Bonchev–Trinajstić information content (AvgIpc) is 0.811. The summed E-state index contributed by atoms with van der Waals surface area (Å²) in [6, 6.07) is 0. The lowest BCUT2D eigenvalue weighted by atomic mass is 15.8. The Kier molecular flexibility index (Phi) is 24.8. The van der Waals surface area contributed by atoms with Crippen LogP contribution in [0.5, 0.6) is 0 Å². The van der Waals surface area contributed by atoms with E-state index < -0.39 is 8.25 Å². The van der Waals surface area contributed by atoms with Crippen LogP contribution in [0.1, 0.15) is 0 Å². The van der Waals surface area contributed by atoms with E-state index in [4.69, 9.17) is 14.4 Å². The van der Waals surface area contributed by atoms with Gasteiger partial charge in [-0.3, -0.25) is 0 Å². The molecule has 0 rings (SSSR count). The quantitative estimate of drug-likeness (QED) is 0.356. The zero-order valence-electron chi connectivity index (χ0n) is 2.75. The van der Waals surface area contributed by atoms with Crippen LogP contribution in [-0.2, 0) is 4.57 Å². The fraction of sp³-hybridized carbons (Fsp3) is 0. The molecule has 0 aliphatic heterocycles. The molecule has 0 aromatic heterocycles. The molecule has 0 radical (unpaired) electrons. The summed E-state index contributed by atoms with van der Waals surface area (Å²) in [6.45, 7) is 0. The van der Waals surface area contributed by atoms with Gasteiger partial charge in [-0.05, 0) is 0 Å². The first-order valence-electron chi connectivity index (χ1n) is 0.583. The lowest BCUT2D eigenvalue weighted by Gasteiger charge is -1.34. The van der Waals surface area contributed by atoms with Gasteiger partial charge in [-0.15, -0.1) is 9.79 Å². The van der Waals surface area contributed by atoms with Gasteiger partial charge in [-0.25, -0.2) is 0 Å². The van der Waals surface area contributed by atoms with Crippen molar-refractivity contribution < 1.29 is 25.3 Å². The Morgan fingerprint density at radius 2 is 1.17 bits per heavy atom. The fourth-order valence-corrected chi connectivity index (χ4v) is 0. The highest BCUT2D eigenvalue weighted by molar-refractivity contribution is 7.30. The maximum Gasteiger partial charge on any atom is 0.692 e. The van der Waals surface area contributed by atoms with Crippen LogP contribution in [0, 0.1) is 0 Å². The molecular formula is H6O5P+. The zero-order valence-corrected chi connectivity index (χ0v) is 3.64. The van der Waals surface area contributed by atoms with E-state index in [1.165, 1.54) is 0 Å². The van der Waals surface area contributed by atoms with E-state index >= 15 is 0 Å². The standard InChI is InChI=1S/HO3P.2H2O/c1-4(2)3;;/h(H-,1,2,3);2*1H2/p+1. The highest BCUT2D eigenvalue weighted by Crippen LogP contribution is 1.98. The van der Waals surface area contributed by atoms with Crippen molar-refractivity contribution in [2.75, 3.05) is 0 Å². The first-order chi connectivity index (χ1) is 1.73. The van der Waals surface area contributed by atoms with Crippen LogP contribution in [0.3, 0.4) is 0 Å². The second-order valence-electron chi connectivity index (χ2n) is 0.253. The Morgan fingerprint density at radius 3 is 1.17 bits per heavy atom. The van der Waals surface area contributed by atoms with Gasteiger partial charge in [0.15, 0.2) is 0 Å². The number of rotatable bonds is 0. The minimum absolute atomic E-state index is 0. The van der Waals surface area contributed by atoms with Crippen LogP contribution in [0.15, 0.2) is 0 Å². The Hall–Kier alpha value is -0.0600. The summed E-state index contributed by atoms with van der Waals surface area (Å²) >= 11 is 0. The molecule has 0 aromatic carbocycles. The summed E-state index contributed by atoms with van der Waals surface area (Å²) in [7, 11) is -2.87. The Labute approximate surface area is 34.8 Å². The molecule has 0 fully saturated rings. The summed E-state index contributed by atoms with van der Waals surface area (Å²) in [4.78, 5) is 14.2. The van der Waals surface area contributed by atoms with Crippen molar-refractivity contribution in [3.63, 3.8) is 0 Å². The smallest absolute Gasteiger partial charge is 0.412 e. The predicted molar refractivity (Wildman–Crippen MR) is 19.3 cm³/mol. The monoisotopic (exact) mass is 117 g/mol. The summed E-state index contributed by atoms with van der Waals surface area (Å²) in [5.41, 5.74) is 0. The third-order valence-corrected chi connectivity index (χ3v) is 0. The molecule has 0 saturated carbocycles. The Morgan fingerprint density at radius 1 is 1.17 bits per heavy atom. The van der Waals surface area contributed by atoms with Gasteiger partial charge in [-0.1, -0.05) is 0 Å². The third kappa shape index (κ3) is 9460. The zero-order chi connectivity index (χ0) is 3.58. The normalized spacial score (nSPS) is 4.33. The van der Waals surface area contributed by atoms with E-state index in [2.05, 4.69) is 0 Å². The summed E-state index contributed by atoms with van der Waals surface area (Å²) in [5, 5.41) is 0. The van der Waals surface area contributed by atoms with Crippen molar-refractivity contribution >= 4 is 8.25 Å². The van der Waals surface area contributed by atoms with Crippen LogP contribution in [-0.4, -0.2) is 20.7 Å². The molecule has 0 saturated heterocycles. The maximum atomic E-state index is 8.70. The summed E-state index contributed by atoms with van der Waals surface area (Å²) in [6.07, 6.45) is 0. The van der Waals surface area contributed by atoms with Gasteiger partial charge >= 0.3 is 8.25 Å². The first kappa shape index (κ1) is 16.8. The lowest BCUT2D eigenvalue weighted by Crippen LogP contribution is -1.38. The molecule has 0 aliphatic carbocycles. The SMILES string of the molecule is O.O.O=[P+](O)O. The highest BCUT2D eigenvalue weighted by atomic mass is 31.1. The minimum Gasteiger partial charge on any atom is -0.412 e. The van der Waals surface area contributed by atoms with Gasteiger partial charge in [0.25, 0.3) is 0 Å². The van der Waals surface area contributed by atoms with Crippen molar-refractivity contribution in [3.05, 3.63) is 0 Å². The largest absolute Gasteiger partial charge is 0.692 e. The molecule has 0 unspecified atom stereocenters. The average molecular weight is 117 g/mol. The van der Waals surface area contributed by atoms with Crippen LogP contribution >= 0.6 is 8.25 Å². The van der Waals surface area contributed by atoms with Gasteiger partial charge in [0.2, 0.25) is 0 Å². The first-order valence-corrected chi connectivity index (χ1v) is 1.75. The molecule has 5 nitrogen and oxygen atoms in total. The number of hydrogen-bond acceptors (Lipinski definition) is 1. The van der Waals surface area contributed by atoms with Crippen molar-refractivity contribution in [3.8, 4) is 0 Å². The molecule has 6 N–H and O–H groups in total. The minimum atomic E-state index is -2.87. The maximum absolute atomic E-state index is 8.70. The highest BCUT2D eigenvalue weighted by Gasteiger charge is 1.93. The number of hydrogen-bond donors (Lipinski definition) is 2. The van der Waals surface area contributed by atoms with E-state index in [1.807, 2.05) is 0 Å².